The number of aromatic nitrogens is 3. The maximum absolute atomic E-state index is 12.2. The largest absolute Gasteiger partial charge is 0.493 e. The Labute approximate surface area is 166 Å². The summed E-state index contributed by atoms with van der Waals surface area (Å²) in [5, 5.41) is 10.7. The summed E-state index contributed by atoms with van der Waals surface area (Å²) in [6.45, 7) is 6.70. The van der Waals surface area contributed by atoms with E-state index in [0.29, 0.717) is 24.9 Å². The Hall–Kier alpha value is -2.41. The molecular weight excluding hydrogens is 354 g/mol. The number of hydrogen-bond acceptors (Lipinski definition) is 5. The number of rotatable bonds is 8. The molecule has 1 fully saturated rings. The Morgan fingerprint density at radius 2 is 2.07 bits per heavy atom. The third-order valence-corrected chi connectivity index (χ3v) is 5.13. The van der Waals surface area contributed by atoms with Crippen LogP contribution in [0.2, 0.25) is 0 Å². The van der Waals surface area contributed by atoms with Gasteiger partial charge in [-0.25, -0.2) is 4.68 Å². The first-order chi connectivity index (χ1) is 13.5. The van der Waals surface area contributed by atoms with Crippen LogP contribution in [0.4, 0.5) is 5.95 Å². The van der Waals surface area contributed by atoms with Gasteiger partial charge >= 0.3 is 0 Å². The van der Waals surface area contributed by atoms with E-state index >= 15 is 0 Å². The number of carbonyl (C=O) groups excluding carboxylic acids is 1. The number of hydrogen-bond donors (Lipinski definition) is 2. The van der Waals surface area contributed by atoms with E-state index in [2.05, 4.69) is 45.8 Å². The lowest BCUT2D eigenvalue weighted by molar-refractivity contribution is -0.116. The number of carbonyl (C=O) groups is 1. The quantitative estimate of drug-likeness (QED) is 0.683. The van der Waals surface area contributed by atoms with Crippen molar-refractivity contribution in [1.82, 2.24) is 20.1 Å². The molecule has 0 aliphatic carbocycles. The number of nitrogens with one attached hydrogen (secondary N) is 2. The molecule has 0 unspecified atom stereocenters. The fraction of sp³-hybridized carbons (Fsp3) is 0.571. The molecule has 0 radical (unpaired) electrons. The molecule has 0 bridgehead atoms. The molecule has 28 heavy (non-hydrogen) atoms. The van der Waals surface area contributed by atoms with Gasteiger partial charge in [0.1, 0.15) is 5.75 Å². The summed E-state index contributed by atoms with van der Waals surface area (Å²) in [6.07, 6.45) is 4.14. The van der Waals surface area contributed by atoms with Crippen LogP contribution in [0.1, 0.15) is 55.0 Å². The molecule has 0 atom stereocenters. The molecule has 2 N–H and O–H groups in total. The van der Waals surface area contributed by atoms with Gasteiger partial charge in [-0.3, -0.25) is 10.1 Å². The Morgan fingerprint density at radius 1 is 1.29 bits per heavy atom. The topological polar surface area (TPSA) is 81.1 Å². The molecule has 152 valence electrons. The first kappa shape index (κ1) is 20.3. The zero-order valence-electron chi connectivity index (χ0n) is 17.1. The summed E-state index contributed by atoms with van der Waals surface area (Å²) >= 11 is 0. The molecule has 2 heterocycles. The minimum absolute atomic E-state index is 0.0286. The molecule has 2 aromatic rings. The number of benzene rings is 1. The van der Waals surface area contributed by atoms with E-state index in [1.807, 2.05) is 14.0 Å². The molecule has 1 aromatic carbocycles. The number of unbranched alkanes of at least 4 members (excludes halogenated alkanes) is 1. The van der Waals surface area contributed by atoms with E-state index in [9.17, 15) is 4.79 Å². The van der Waals surface area contributed by atoms with Crippen LogP contribution in [0, 0.1) is 13.8 Å². The predicted octanol–water partition coefficient (Wildman–Crippen LogP) is 3.09. The number of piperidine rings is 1. The average Bonchev–Trinajstić information content (AvgIpc) is 3.05. The lowest BCUT2D eigenvalue weighted by atomic mass is 9.98. The smallest absolute Gasteiger partial charge is 0.227 e. The molecule has 0 saturated carbocycles. The van der Waals surface area contributed by atoms with Gasteiger partial charge in [0.15, 0.2) is 5.82 Å². The summed E-state index contributed by atoms with van der Waals surface area (Å²) in [5.74, 6) is 2.64. The first-order valence-corrected chi connectivity index (χ1v) is 10.1. The first-order valence-electron chi connectivity index (χ1n) is 10.1. The maximum Gasteiger partial charge on any atom is 0.227 e. The van der Waals surface area contributed by atoms with Crippen molar-refractivity contribution < 1.29 is 9.53 Å². The van der Waals surface area contributed by atoms with Crippen molar-refractivity contribution in [2.45, 2.75) is 51.9 Å². The van der Waals surface area contributed by atoms with Crippen LogP contribution in [0.5, 0.6) is 5.75 Å². The van der Waals surface area contributed by atoms with E-state index in [4.69, 9.17) is 4.74 Å². The average molecular weight is 386 g/mol. The van der Waals surface area contributed by atoms with Gasteiger partial charge in [-0.2, -0.15) is 10.1 Å². The van der Waals surface area contributed by atoms with Gasteiger partial charge in [0.2, 0.25) is 11.9 Å². The molecule has 1 amide bonds. The maximum atomic E-state index is 12.2. The van der Waals surface area contributed by atoms with Gasteiger partial charge < -0.3 is 10.1 Å². The zero-order chi connectivity index (χ0) is 19.9. The van der Waals surface area contributed by atoms with Gasteiger partial charge in [0, 0.05) is 19.4 Å². The summed E-state index contributed by atoms with van der Waals surface area (Å²) in [7, 11) is 1.82. The third kappa shape index (κ3) is 5.55. The highest BCUT2D eigenvalue weighted by molar-refractivity contribution is 5.88. The van der Waals surface area contributed by atoms with E-state index in [1.165, 1.54) is 5.56 Å². The third-order valence-electron chi connectivity index (χ3n) is 5.13. The van der Waals surface area contributed by atoms with Crippen LogP contribution < -0.4 is 15.4 Å². The molecule has 7 nitrogen and oxygen atoms in total. The van der Waals surface area contributed by atoms with Crippen LogP contribution in [-0.2, 0) is 11.8 Å². The highest BCUT2D eigenvalue weighted by Gasteiger charge is 2.21. The second-order valence-electron chi connectivity index (χ2n) is 7.56. The molecular formula is C21H31N5O2. The van der Waals surface area contributed by atoms with Gasteiger partial charge in [-0.05, 0) is 69.8 Å². The molecule has 0 spiro atoms. The van der Waals surface area contributed by atoms with Crippen LogP contribution >= 0.6 is 0 Å². The summed E-state index contributed by atoms with van der Waals surface area (Å²) in [6, 6.07) is 6.20. The van der Waals surface area contributed by atoms with Crippen molar-refractivity contribution >= 4 is 11.9 Å². The minimum atomic E-state index is -0.0286. The standard InChI is InChI=1S/C21H31N5O2/c1-15-7-8-16(2)18(14-15)28-13-5-4-6-19(27)23-21-24-20(25-26(21)3)17-9-11-22-12-10-17/h7-8,14,17,22H,4-6,9-13H2,1-3H3,(H,23,24,25,27). The lowest BCUT2D eigenvalue weighted by Gasteiger charge is -2.19. The normalized spacial score (nSPS) is 14.8. The summed E-state index contributed by atoms with van der Waals surface area (Å²) in [5.41, 5.74) is 2.32. The van der Waals surface area contributed by atoms with Crippen molar-refractivity contribution in [3.63, 3.8) is 0 Å². The summed E-state index contributed by atoms with van der Waals surface area (Å²) in [4.78, 5) is 16.8. The number of ether oxygens (including phenoxy) is 1. The Bertz CT molecular complexity index is 796. The van der Waals surface area contributed by atoms with E-state index < -0.39 is 0 Å². The van der Waals surface area contributed by atoms with Gasteiger partial charge in [0.05, 0.1) is 6.61 Å². The second-order valence-corrected chi connectivity index (χ2v) is 7.56. The SMILES string of the molecule is Cc1ccc(C)c(OCCCCC(=O)Nc2nc(C3CCNCC3)nn2C)c1. The van der Waals surface area contributed by atoms with Crippen molar-refractivity contribution in [1.29, 1.82) is 0 Å². The Morgan fingerprint density at radius 3 is 2.86 bits per heavy atom. The van der Waals surface area contributed by atoms with E-state index in [0.717, 1.165) is 55.9 Å². The number of nitrogens with zero attached hydrogens (tertiary/aromatic N) is 3. The highest BCUT2D eigenvalue weighted by Crippen LogP contribution is 2.23. The van der Waals surface area contributed by atoms with Gasteiger partial charge in [-0.15, -0.1) is 0 Å². The molecule has 7 heteroatoms. The lowest BCUT2D eigenvalue weighted by Crippen LogP contribution is -2.27. The molecule has 1 aliphatic heterocycles. The van der Waals surface area contributed by atoms with Crippen molar-refractivity contribution in [3.8, 4) is 5.75 Å². The molecule has 1 aliphatic rings. The van der Waals surface area contributed by atoms with E-state index in [1.54, 1.807) is 4.68 Å². The fourth-order valence-corrected chi connectivity index (χ4v) is 3.39. The van der Waals surface area contributed by atoms with Crippen LogP contribution in [0.15, 0.2) is 18.2 Å². The Balaban J connectivity index is 1.39. The number of amides is 1. The van der Waals surface area contributed by atoms with Gasteiger partial charge in [-0.1, -0.05) is 12.1 Å². The minimum Gasteiger partial charge on any atom is -0.493 e. The van der Waals surface area contributed by atoms with Crippen molar-refractivity contribution in [3.05, 3.63) is 35.2 Å². The second kappa shape index (κ2) is 9.68. The molecule has 1 saturated heterocycles. The van der Waals surface area contributed by atoms with E-state index in [-0.39, 0.29) is 5.91 Å². The highest BCUT2D eigenvalue weighted by atomic mass is 16.5. The monoisotopic (exact) mass is 385 g/mol. The fourth-order valence-electron chi connectivity index (χ4n) is 3.39. The Kier molecular flexibility index (Phi) is 7.03. The summed E-state index contributed by atoms with van der Waals surface area (Å²) < 4.78 is 7.51. The number of aryl methyl sites for hydroxylation is 3. The van der Waals surface area contributed by atoms with Crippen LogP contribution in [-0.4, -0.2) is 40.4 Å². The van der Waals surface area contributed by atoms with Crippen molar-refractivity contribution in [2.75, 3.05) is 25.0 Å². The number of anilines is 1. The molecule has 3 rings (SSSR count). The van der Waals surface area contributed by atoms with Crippen LogP contribution in [0.3, 0.4) is 0 Å². The zero-order valence-corrected chi connectivity index (χ0v) is 17.1. The van der Waals surface area contributed by atoms with Gasteiger partial charge in [0.25, 0.3) is 0 Å². The van der Waals surface area contributed by atoms with Crippen LogP contribution in [0.25, 0.3) is 0 Å². The predicted molar refractivity (Wildman–Crippen MR) is 110 cm³/mol. The van der Waals surface area contributed by atoms with Crippen molar-refractivity contribution in [2.24, 2.45) is 7.05 Å². The molecule has 1 aromatic heterocycles.